The molecule has 6 heteroatoms. The van der Waals surface area contributed by atoms with Crippen LogP contribution in [0.15, 0.2) is 40.9 Å². The van der Waals surface area contributed by atoms with E-state index in [9.17, 15) is 4.79 Å². The van der Waals surface area contributed by atoms with Crippen LogP contribution in [-0.2, 0) is 17.8 Å². The summed E-state index contributed by atoms with van der Waals surface area (Å²) in [4.78, 5) is 16.8. The van der Waals surface area contributed by atoms with Crippen molar-refractivity contribution in [1.29, 1.82) is 0 Å². The van der Waals surface area contributed by atoms with Crippen LogP contribution < -0.4 is 0 Å². The Morgan fingerprint density at radius 2 is 1.93 bits per heavy atom. The predicted octanol–water partition coefficient (Wildman–Crippen LogP) is 3.20. The van der Waals surface area contributed by atoms with E-state index < -0.39 is 0 Å². The fourth-order valence-corrected chi connectivity index (χ4v) is 3.46. The zero-order valence-corrected chi connectivity index (χ0v) is 16.3. The SMILES string of the molecule is CCN(CC1CCOCC1)C(=O)c1cc(CN(C)Cc2ccccc2)on1. The zero-order valence-electron chi connectivity index (χ0n) is 16.3. The summed E-state index contributed by atoms with van der Waals surface area (Å²) in [6, 6.07) is 12.1. The van der Waals surface area contributed by atoms with Gasteiger partial charge in [0.25, 0.3) is 5.91 Å². The zero-order chi connectivity index (χ0) is 19.1. The van der Waals surface area contributed by atoms with Crippen LogP contribution in [0.25, 0.3) is 0 Å². The molecule has 2 heterocycles. The van der Waals surface area contributed by atoms with Crippen LogP contribution in [0.1, 0.15) is 41.6 Å². The van der Waals surface area contributed by atoms with Gasteiger partial charge in [-0.1, -0.05) is 35.5 Å². The third kappa shape index (κ3) is 5.65. The van der Waals surface area contributed by atoms with Gasteiger partial charge in [0, 0.05) is 38.9 Å². The number of benzene rings is 1. The molecule has 146 valence electrons. The van der Waals surface area contributed by atoms with Crippen LogP contribution in [-0.4, -0.2) is 54.2 Å². The molecule has 0 atom stereocenters. The lowest BCUT2D eigenvalue weighted by Gasteiger charge is -2.28. The number of carbonyl (C=O) groups excluding carboxylic acids is 1. The van der Waals surface area contributed by atoms with Crippen LogP contribution in [0.2, 0.25) is 0 Å². The first kappa shape index (κ1) is 19.6. The van der Waals surface area contributed by atoms with Gasteiger partial charge in [-0.05, 0) is 38.3 Å². The topological polar surface area (TPSA) is 58.8 Å². The van der Waals surface area contributed by atoms with E-state index in [1.54, 1.807) is 6.07 Å². The van der Waals surface area contributed by atoms with Gasteiger partial charge < -0.3 is 14.2 Å². The summed E-state index contributed by atoms with van der Waals surface area (Å²) < 4.78 is 10.8. The molecule has 2 aromatic rings. The van der Waals surface area contributed by atoms with Crippen molar-refractivity contribution in [3.8, 4) is 0 Å². The number of hydrogen-bond donors (Lipinski definition) is 0. The van der Waals surface area contributed by atoms with Gasteiger partial charge in [-0.2, -0.15) is 0 Å². The third-order valence-electron chi connectivity index (χ3n) is 4.99. The average molecular weight is 371 g/mol. The molecule has 0 N–H and O–H groups in total. The second-order valence-electron chi connectivity index (χ2n) is 7.24. The highest BCUT2D eigenvalue weighted by molar-refractivity contribution is 5.92. The van der Waals surface area contributed by atoms with E-state index in [0.29, 0.717) is 30.5 Å². The third-order valence-corrected chi connectivity index (χ3v) is 4.99. The summed E-state index contributed by atoms with van der Waals surface area (Å²) in [5.41, 5.74) is 1.64. The highest BCUT2D eigenvalue weighted by atomic mass is 16.5. The largest absolute Gasteiger partial charge is 0.381 e. The Kier molecular flexibility index (Phi) is 7.01. The highest BCUT2D eigenvalue weighted by Gasteiger charge is 2.23. The summed E-state index contributed by atoms with van der Waals surface area (Å²) in [5, 5.41) is 4.02. The lowest BCUT2D eigenvalue weighted by atomic mass is 9.99. The molecule has 1 fully saturated rings. The molecule has 1 aromatic carbocycles. The van der Waals surface area contributed by atoms with E-state index in [4.69, 9.17) is 9.26 Å². The number of hydrogen-bond acceptors (Lipinski definition) is 5. The predicted molar refractivity (Wildman–Crippen MR) is 103 cm³/mol. The molecular formula is C21H29N3O3. The van der Waals surface area contributed by atoms with Crippen LogP contribution in [0, 0.1) is 5.92 Å². The monoisotopic (exact) mass is 371 g/mol. The smallest absolute Gasteiger partial charge is 0.276 e. The fourth-order valence-electron chi connectivity index (χ4n) is 3.46. The molecule has 1 aromatic heterocycles. The number of carbonyl (C=O) groups is 1. The first-order chi connectivity index (χ1) is 13.2. The fraction of sp³-hybridized carbons (Fsp3) is 0.524. The molecule has 0 radical (unpaired) electrons. The van der Waals surface area contributed by atoms with Gasteiger partial charge in [0.05, 0.1) is 6.54 Å². The summed E-state index contributed by atoms with van der Waals surface area (Å²) in [6.07, 6.45) is 2.02. The second-order valence-corrected chi connectivity index (χ2v) is 7.24. The number of ether oxygens (including phenoxy) is 1. The minimum atomic E-state index is -0.0512. The van der Waals surface area contributed by atoms with Crippen molar-refractivity contribution >= 4 is 5.91 Å². The van der Waals surface area contributed by atoms with Gasteiger partial charge in [0.2, 0.25) is 0 Å². The summed E-state index contributed by atoms with van der Waals surface area (Å²) >= 11 is 0. The Labute approximate surface area is 161 Å². The highest BCUT2D eigenvalue weighted by Crippen LogP contribution is 2.18. The van der Waals surface area contributed by atoms with Crippen LogP contribution >= 0.6 is 0 Å². The molecule has 1 aliphatic heterocycles. The van der Waals surface area contributed by atoms with E-state index in [1.165, 1.54) is 5.56 Å². The van der Waals surface area contributed by atoms with Crippen molar-refractivity contribution in [1.82, 2.24) is 15.0 Å². The molecule has 3 rings (SSSR count). The first-order valence-electron chi connectivity index (χ1n) is 9.70. The molecular weight excluding hydrogens is 342 g/mol. The van der Waals surface area contributed by atoms with Crippen molar-refractivity contribution in [2.45, 2.75) is 32.9 Å². The maximum absolute atomic E-state index is 12.8. The van der Waals surface area contributed by atoms with Gasteiger partial charge >= 0.3 is 0 Å². The lowest BCUT2D eigenvalue weighted by Crippen LogP contribution is -2.37. The maximum atomic E-state index is 12.8. The number of aromatic nitrogens is 1. The number of nitrogens with zero attached hydrogens (tertiary/aromatic N) is 3. The first-order valence-corrected chi connectivity index (χ1v) is 9.70. The van der Waals surface area contributed by atoms with Crippen LogP contribution in [0.3, 0.4) is 0 Å². The maximum Gasteiger partial charge on any atom is 0.276 e. The van der Waals surface area contributed by atoms with Crippen LogP contribution in [0.4, 0.5) is 0 Å². The Hall–Kier alpha value is -2.18. The molecule has 0 saturated carbocycles. The lowest BCUT2D eigenvalue weighted by molar-refractivity contribution is 0.0462. The summed E-state index contributed by atoms with van der Waals surface area (Å²) in [7, 11) is 2.03. The van der Waals surface area contributed by atoms with Crippen molar-refractivity contribution in [2.75, 3.05) is 33.4 Å². The van der Waals surface area contributed by atoms with E-state index in [2.05, 4.69) is 22.2 Å². The normalized spacial score (nSPS) is 15.2. The van der Waals surface area contributed by atoms with Gasteiger partial charge in [-0.3, -0.25) is 9.69 Å². The van der Waals surface area contributed by atoms with E-state index in [0.717, 1.165) is 39.1 Å². The standard InChI is InChI=1S/C21H29N3O3/c1-3-24(15-18-9-11-26-12-10-18)21(25)20-13-19(27-22-20)16-23(2)14-17-7-5-4-6-8-17/h4-8,13,18H,3,9-12,14-16H2,1-2H3. The molecule has 6 nitrogen and oxygen atoms in total. The van der Waals surface area contributed by atoms with E-state index in [1.807, 2.05) is 37.1 Å². The Morgan fingerprint density at radius 1 is 1.19 bits per heavy atom. The summed E-state index contributed by atoms with van der Waals surface area (Å²) in [6.45, 7) is 6.44. The van der Waals surface area contributed by atoms with Crippen molar-refractivity contribution < 1.29 is 14.1 Å². The van der Waals surface area contributed by atoms with E-state index >= 15 is 0 Å². The van der Waals surface area contributed by atoms with Crippen molar-refractivity contribution in [3.05, 3.63) is 53.4 Å². The quantitative estimate of drug-likeness (QED) is 0.713. The van der Waals surface area contributed by atoms with Gasteiger partial charge in [0.1, 0.15) is 0 Å². The Morgan fingerprint density at radius 3 is 2.63 bits per heavy atom. The average Bonchev–Trinajstić information content (AvgIpc) is 3.15. The van der Waals surface area contributed by atoms with Crippen molar-refractivity contribution in [3.63, 3.8) is 0 Å². The molecule has 0 aliphatic carbocycles. The summed E-state index contributed by atoms with van der Waals surface area (Å²) in [5.74, 6) is 1.16. The molecule has 0 bridgehead atoms. The van der Waals surface area contributed by atoms with Crippen molar-refractivity contribution in [2.24, 2.45) is 5.92 Å². The second kappa shape index (κ2) is 9.67. The molecule has 1 amide bonds. The molecule has 0 spiro atoms. The van der Waals surface area contributed by atoms with Gasteiger partial charge in [-0.15, -0.1) is 0 Å². The molecule has 0 unspecified atom stereocenters. The Balaban J connectivity index is 1.55. The minimum absolute atomic E-state index is 0.0512. The minimum Gasteiger partial charge on any atom is -0.381 e. The number of amides is 1. The van der Waals surface area contributed by atoms with E-state index in [-0.39, 0.29) is 5.91 Å². The Bertz CT molecular complexity index is 710. The molecule has 1 aliphatic rings. The van der Waals surface area contributed by atoms with Crippen LogP contribution in [0.5, 0.6) is 0 Å². The van der Waals surface area contributed by atoms with Gasteiger partial charge in [-0.25, -0.2) is 0 Å². The van der Waals surface area contributed by atoms with Gasteiger partial charge in [0.15, 0.2) is 11.5 Å². The molecule has 27 heavy (non-hydrogen) atoms. The molecule has 1 saturated heterocycles. The number of rotatable bonds is 8.